The fourth-order valence-corrected chi connectivity index (χ4v) is 2.84. The molecule has 116 valence electrons. The summed E-state index contributed by atoms with van der Waals surface area (Å²) in [6.07, 6.45) is 3.93. The summed E-state index contributed by atoms with van der Waals surface area (Å²) in [4.78, 5) is 11.5. The average Bonchev–Trinajstić information content (AvgIpc) is 2.53. The van der Waals surface area contributed by atoms with Gasteiger partial charge in [0.05, 0.1) is 25.7 Å². The van der Waals surface area contributed by atoms with E-state index in [1.165, 1.54) is 18.2 Å². The van der Waals surface area contributed by atoms with E-state index in [1.807, 2.05) is 0 Å². The molecule has 0 aromatic heterocycles. The molecule has 0 radical (unpaired) electrons. The second-order valence-electron chi connectivity index (χ2n) is 6.20. The molecule has 21 heavy (non-hydrogen) atoms. The Morgan fingerprint density at radius 1 is 1.14 bits per heavy atom. The van der Waals surface area contributed by atoms with E-state index in [-0.39, 0.29) is 18.0 Å². The molecule has 0 N–H and O–H groups in total. The van der Waals surface area contributed by atoms with Crippen LogP contribution in [0.25, 0.3) is 0 Å². The molecule has 0 heterocycles. The Bertz CT molecular complexity index is 442. The van der Waals surface area contributed by atoms with Crippen molar-refractivity contribution in [3.05, 3.63) is 35.4 Å². The fraction of sp³-hybridized carbons (Fsp3) is 0.611. The first-order valence-corrected chi connectivity index (χ1v) is 7.88. The summed E-state index contributed by atoms with van der Waals surface area (Å²) < 4.78 is 10.8. The maximum atomic E-state index is 11.5. The molecule has 1 aliphatic rings. The average molecular weight is 290 g/mol. The predicted octanol–water partition coefficient (Wildman–Crippen LogP) is 4.06. The van der Waals surface area contributed by atoms with Gasteiger partial charge >= 0.3 is 5.97 Å². The smallest absolute Gasteiger partial charge is 0.308 e. The zero-order valence-electron chi connectivity index (χ0n) is 13.3. The van der Waals surface area contributed by atoms with E-state index in [2.05, 4.69) is 38.1 Å². The van der Waals surface area contributed by atoms with Gasteiger partial charge in [0.1, 0.15) is 0 Å². The van der Waals surface area contributed by atoms with Gasteiger partial charge in [-0.15, -0.1) is 0 Å². The van der Waals surface area contributed by atoms with Crippen LogP contribution in [0.2, 0.25) is 0 Å². The number of carbonyl (C=O) groups excluding carboxylic acids is 1. The van der Waals surface area contributed by atoms with Gasteiger partial charge in [0.2, 0.25) is 0 Å². The summed E-state index contributed by atoms with van der Waals surface area (Å²) >= 11 is 0. The topological polar surface area (TPSA) is 35.5 Å². The van der Waals surface area contributed by atoms with Gasteiger partial charge in [-0.05, 0) is 42.7 Å². The minimum Gasteiger partial charge on any atom is -0.469 e. The lowest BCUT2D eigenvalue weighted by Crippen LogP contribution is -2.26. The zero-order valence-corrected chi connectivity index (χ0v) is 13.3. The molecule has 1 aromatic carbocycles. The van der Waals surface area contributed by atoms with Gasteiger partial charge in [0.15, 0.2) is 0 Å². The van der Waals surface area contributed by atoms with Crippen molar-refractivity contribution in [2.24, 2.45) is 5.92 Å². The molecule has 1 aliphatic carbocycles. The first-order valence-electron chi connectivity index (χ1n) is 7.88. The van der Waals surface area contributed by atoms with E-state index >= 15 is 0 Å². The molecule has 1 fully saturated rings. The van der Waals surface area contributed by atoms with E-state index in [4.69, 9.17) is 9.47 Å². The van der Waals surface area contributed by atoms with Crippen molar-refractivity contribution < 1.29 is 14.3 Å². The number of hydrogen-bond donors (Lipinski definition) is 0. The van der Waals surface area contributed by atoms with Crippen molar-refractivity contribution >= 4 is 5.97 Å². The third kappa shape index (κ3) is 4.57. The summed E-state index contributed by atoms with van der Waals surface area (Å²) in [5.74, 6) is 0.562. The van der Waals surface area contributed by atoms with Gasteiger partial charge in [-0.25, -0.2) is 0 Å². The molecule has 0 amide bonds. The molecule has 1 saturated carbocycles. The molecule has 0 saturated heterocycles. The number of hydrogen-bond acceptors (Lipinski definition) is 3. The van der Waals surface area contributed by atoms with Crippen molar-refractivity contribution in [2.45, 2.75) is 58.2 Å². The Morgan fingerprint density at radius 3 is 2.29 bits per heavy atom. The molecule has 3 nitrogen and oxygen atoms in total. The molecule has 1 aromatic rings. The normalized spacial score (nSPS) is 22.3. The van der Waals surface area contributed by atoms with Crippen LogP contribution in [0.3, 0.4) is 0 Å². The molecule has 0 bridgehead atoms. The van der Waals surface area contributed by atoms with Crippen molar-refractivity contribution in [2.75, 3.05) is 7.11 Å². The van der Waals surface area contributed by atoms with E-state index < -0.39 is 0 Å². The standard InChI is InChI=1S/C18H26O3/c1-13(2)15-6-4-14(5-7-15)12-21-17-10-8-16(9-11-17)18(19)20-3/h4-7,13,16-17H,8-12H2,1-3H3. The fourth-order valence-electron chi connectivity index (χ4n) is 2.84. The van der Waals surface area contributed by atoms with Crippen molar-refractivity contribution in [3.63, 3.8) is 0 Å². The Morgan fingerprint density at radius 2 is 1.76 bits per heavy atom. The first-order chi connectivity index (χ1) is 10.1. The Kier molecular flexibility index (Phi) is 5.80. The molecule has 0 aliphatic heterocycles. The summed E-state index contributed by atoms with van der Waals surface area (Å²) in [5, 5.41) is 0. The van der Waals surface area contributed by atoms with Gasteiger partial charge < -0.3 is 9.47 Å². The van der Waals surface area contributed by atoms with Crippen LogP contribution in [-0.2, 0) is 20.9 Å². The molecule has 2 rings (SSSR count). The van der Waals surface area contributed by atoms with Crippen LogP contribution in [-0.4, -0.2) is 19.2 Å². The highest BCUT2D eigenvalue weighted by Gasteiger charge is 2.27. The first kappa shape index (κ1) is 16.0. The molecular weight excluding hydrogens is 264 g/mol. The van der Waals surface area contributed by atoms with Crippen LogP contribution in [0.1, 0.15) is 56.6 Å². The lowest BCUT2D eigenvalue weighted by atomic mass is 9.87. The second-order valence-corrected chi connectivity index (χ2v) is 6.20. The highest BCUT2D eigenvalue weighted by atomic mass is 16.5. The van der Waals surface area contributed by atoms with Crippen molar-refractivity contribution in [3.8, 4) is 0 Å². The SMILES string of the molecule is COC(=O)C1CCC(OCc2ccc(C(C)C)cc2)CC1. The Balaban J connectivity index is 1.75. The minimum atomic E-state index is -0.0716. The van der Waals surface area contributed by atoms with E-state index in [0.29, 0.717) is 12.5 Å². The lowest BCUT2D eigenvalue weighted by Gasteiger charge is -2.27. The van der Waals surface area contributed by atoms with E-state index in [9.17, 15) is 4.79 Å². The van der Waals surface area contributed by atoms with Gasteiger partial charge in [-0.2, -0.15) is 0 Å². The molecule has 0 spiro atoms. The number of esters is 1. The van der Waals surface area contributed by atoms with Gasteiger partial charge in [0, 0.05) is 0 Å². The Labute approximate surface area is 127 Å². The van der Waals surface area contributed by atoms with Crippen LogP contribution in [0.4, 0.5) is 0 Å². The summed E-state index contributed by atoms with van der Waals surface area (Å²) in [6.45, 7) is 5.06. The second kappa shape index (κ2) is 7.60. The molecule has 0 unspecified atom stereocenters. The quantitative estimate of drug-likeness (QED) is 0.767. The highest BCUT2D eigenvalue weighted by Crippen LogP contribution is 2.27. The van der Waals surface area contributed by atoms with Gasteiger partial charge in [-0.3, -0.25) is 4.79 Å². The third-order valence-corrected chi connectivity index (χ3v) is 4.34. The summed E-state index contributed by atoms with van der Waals surface area (Å²) in [5.41, 5.74) is 2.58. The number of benzene rings is 1. The summed E-state index contributed by atoms with van der Waals surface area (Å²) in [6, 6.07) is 8.65. The third-order valence-electron chi connectivity index (χ3n) is 4.34. The van der Waals surface area contributed by atoms with Gasteiger partial charge in [0.25, 0.3) is 0 Å². The van der Waals surface area contributed by atoms with Crippen LogP contribution >= 0.6 is 0 Å². The van der Waals surface area contributed by atoms with Crippen LogP contribution < -0.4 is 0 Å². The number of ether oxygens (including phenoxy) is 2. The van der Waals surface area contributed by atoms with Crippen molar-refractivity contribution in [1.82, 2.24) is 0 Å². The van der Waals surface area contributed by atoms with Crippen LogP contribution in [0, 0.1) is 5.92 Å². The lowest BCUT2D eigenvalue weighted by molar-refractivity contribution is -0.147. The van der Waals surface area contributed by atoms with Crippen LogP contribution in [0.15, 0.2) is 24.3 Å². The molecular formula is C18H26O3. The minimum absolute atomic E-state index is 0.0696. The Hall–Kier alpha value is -1.35. The van der Waals surface area contributed by atoms with E-state index in [1.54, 1.807) is 0 Å². The summed E-state index contributed by atoms with van der Waals surface area (Å²) in [7, 11) is 1.46. The predicted molar refractivity (Wildman–Crippen MR) is 83.1 cm³/mol. The number of methoxy groups -OCH3 is 1. The van der Waals surface area contributed by atoms with Gasteiger partial charge in [-0.1, -0.05) is 38.1 Å². The number of carbonyl (C=O) groups is 1. The van der Waals surface area contributed by atoms with E-state index in [0.717, 1.165) is 25.7 Å². The maximum Gasteiger partial charge on any atom is 0.308 e. The van der Waals surface area contributed by atoms with Crippen molar-refractivity contribution in [1.29, 1.82) is 0 Å². The molecule has 3 heteroatoms. The monoisotopic (exact) mass is 290 g/mol. The number of rotatable bonds is 5. The molecule has 0 atom stereocenters. The highest BCUT2D eigenvalue weighted by molar-refractivity contribution is 5.72. The largest absolute Gasteiger partial charge is 0.469 e. The van der Waals surface area contributed by atoms with Crippen LogP contribution in [0.5, 0.6) is 0 Å². The maximum absolute atomic E-state index is 11.5. The zero-order chi connectivity index (χ0) is 15.2.